The molecule has 0 bridgehead atoms. The van der Waals surface area contributed by atoms with E-state index in [-0.39, 0.29) is 35.6 Å². The molecule has 1 unspecified atom stereocenters. The molecule has 252 valence electrons. The van der Waals surface area contributed by atoms with Gasteiger partial charge in [0.25, 0.3) is 0 Å². The van der Waals surface area contributed by atoms with E-state index in [2.05, 4.69) is 153 Å². The van der Waals surface area contributed by atoms with E-state index in [1.54, 1.807) is 0 Å². The van der Waals surface area contributed by atoms with Gasteiger partial charge in [0.1, 0.15) is 0 Å². The number of allylic oxidation sites excluding steroid dienone is 8. The zero-order chi connectivity index (χ0) is 33.6. The molecule has 0 aromatic heterocycles. The zero-order valence-corrected chi connectivity index (χ0v) is 34.9. The van der Waals surface area contributed by atoms with Crippen LogP contribution in [0.2, 0.25) is 0 Å². The molecule has 4 aliphatic carbocycles. The van der Waals surface area contributed by atoms with E-state index in [0.29, 0.717) is 11.3 Å². The van der Waals surface area contributed by atoms with E-state index in [9.17, 15) is 0 Å². The van der Waals surface area contributed by atoms with Crippen LogP contribution < -0.4 is 24.8 Å². The fraction of sp³-hybridized carbons (Fsp3) is 0.400. The Bertz CT molecular complexity index is 1710. The third-order valence-corrected chi connectivity index (χ3v) is 10.9. The molecule has 4 aliphatic rings. The van der Waals surface area contributed by atoms with E-state index < -0.39 is 0 Å². The van der Waals surface area contributed by atoms with Crippen LogP contribution in [0.5, 0.6) is 0 Å². The van der Waals surface area contributed by atoms with Crippen LogP contribution in [0.1, 0.15) is 128 Å². The molecule has 0 saturated heterocycles. The van der Waals surface area contributed by atoms with Crippen molar-refractivity contribution in [2.45, 2.75) is 106 Å². The Hall–Kier alpha value is -2.05. The van der Waals surface area contributed by atoms with Gasteiger partial charge in [-0.2, -0.15) is 17.2 Å². The third kappa shape index (κ3) is 8.12. The number of rotatable bonds is 3. The molecule has 7 rings (SSSR count). The van der Waals surface area contributed by atoms with Crippen molar-refractivity contribution in [3.63, 3.8) is 0 Å². The van der Waals surface area contributed by atoms with Gasteiger partial charge in [-0.25, -0.2) is 11.1 Å². The molecule has 0 nitrogen and oxygen atoms in total. The standard InChI is InChI=1S/C25H25.C13H21.C7H6.2ClH.Zr/c1-14-12-24(3,4)22-8-16-7-17-9-23-19(15(2)13-25(23,5)6)11-21(17)20(16)10-18(14)22;1-6-10-8-11(7-2)12(9-10)13(3,4)5;1-7-5-3-2-4-6-7;;;/h8-12H,7H2,1-6H3;9-10H,6-7H2,1-5H3;1-6H;2*1H;/q2*-1;;;;+2/p-2. The van der Waals surface area contributed by atoms with Crippen molar-refractivity contribution in [2.24, 2.45) is 11.3 Å². The van der Waals surface area contributed by atoms with Crippen LogP contribution >= 0.6 is 0 Å². The van der Waals surface area contributed by atoms with Gasteiger partial charge in [0, 0.05) is 5.41 Å². The Kier molecular flexibility index (Phi) is 13.0. The molecule has 0 amide bonds. The van der Waals surface area contributed by atoms with Crippen molar-refractivity contribution < 1.29 is 49.0 Å². The van der Waals surface area contributed by atoms with E-state index in [0.717, 1.165) is 12.8 Å². The summed E-state index contributed by atoms with van der Waals surface area (Å²) in [6, 6.07) is 20.2. The maximum absolute atomic E-state index is 3.65. The van der Waals surface area contributed by atoms with Crippen LogP contribution in [-0.4, -0.2) is 3.71 Å². The molecule has 0 radical (unpaired) electrons. The second kappa shape index (κ2) is 15.5. The summed E-state index contributed by atoms with van der Waals surface area (Å²) in [5, 5.41) is 0. The van der Waals surface area contributed by atoms with Crippen LogP contribution in [0.3, 0.4) is 0 Å². The van der Waals surface area contributed by atoms with Crippen molar-refractivity contribution in [3.8, 4) is 11.1 Å². The zero-order valence-electron chi connectivity index (χ0n) is 30.9. The molecule has 0 spiro atoms. The quantitative estimate of drug-likeness (QED) is 0.226. The molecule has 3 heteroatoms. The maximum atomic E-state index is 3.65. The number of halogens is 2. The van der Waals surface area contributed by atoms with Crippen molar-refractivity contribution >= 4 is 14.9 Å². The Labute approximate surface area is 319 Å². The van der Waals surface area contributed by atoms with Gasteiger partial charge < -0.3 is 24.8 Å². The number of hydrogen-bond acceptors (Lipinski definition) is 0. The van der Waals surface area contributed by atoms with Crippen LogP contribution in [0.4, 0.5) is 0 Å². The average Bonchev–Trinajstić information content (AvgIpc) is 3.72. The summed E-state index contributed by atoms with van der Waals surface area (Å²) < 4.78 is 2.17. The van der Waals surface area contributed by atoms with Gasteiger partial charge in [0.2, 0.25) is 0 Å². The summed E-state index contributed by atoms with van der Waals surface area (Å²) in [5.74, 6) is 0.573. The SMILES string of the molecule is CC1=[C-]C(C)(C)c2cc3c(cc21)-c1cc2c(cc1C3)C(C)(C)C=C2C.CCC1=[C-]C(CC)C=C1C(C)(C)C.[Cl-].[Cl-].[Zr+2]=[CH]c1ccccc1. The molecule has 3 aromatic rings. The second-order valence-electron chi connectivity index (χ2n) is 15.6. The Morgan fingerprint density at radius 1 is 0.833 bits per heavy atom. The first-order valence-corrected chi connectivity index (χ1v) is 18.6. The van der Waals surface area contributed by atoms with Gasteiger partial charge >= 0.3 is 63.8 Å². The van der Waals surface area contributed by atoms with Gasteiger partial charge in [-0.3, -0.25) is 12.2 Å². The molecule has 48 heavy (non-hydrogen) atoms. The summed E-state index contributed by atoms with van der Waals surface area (Å²) in [4.78, 5) is 0. The van der Waals surface area contributed by atoms with Gasteiger partial charge in [-0.1, -0.05) is 117 Å². The average molecular weight is 755 g/mol. The van der Waals surface area contributed by atoms with Gasteiger partial charge in [-0.15, -0.1) is 11.6 Å². The molecular formula is C45H52Cl2Zr-2. The number of hydrogen-bond donors (Lipinski definition) is 0. The Balaban J connectivity index is 0.000000229. The Morgan fingerprint density at radius 3 is 1.92 bits per heavy atom. The molecule has 0 aliphatic heterocycles. The van der Waals surface area contributed by atoms with Crippen LogP contribution in [0.25, 0.3) is 22.3 Å². The topological polar surface area (TPSA) is 0 Å². The first-order valence-electron chi connectivity index (χ1n) is 17.2. The summed E-state index contributed by atoms with van der Waals surface area (Å²) >= 11 is 1.46. The Morgan fingerprint density at radius 2 is 1.42 bits per heavy atom. The number of fused-ring (bicyclic) bond motifs is 5. The van der Waals surface area contributed by atoms with Crippen molar-refractivity contribution in [2.75, 3.05) is 0 Å². The third-order valence-electron chi connectivity index (χ3n) is 10.1. The van der Waals surface area contributed by atoms with Crippen LogP contribution in [0, 0.1) is 23.5 Å². The van der Waals surface area contributed by atoms with Gasteiger partial charge in [0.05, 0.1) is 0 Å². The fourth-order valence-corrected chi connectivity index (χ4v) is 8.16. The fourth-order valence-electron chi connectivity index (χ4n) is 7.68. The molecule has 0 saturated carbocycles. The van der Waals surface area contributed by atoms with E-state index >= 15 is 0 Å². The molecule has 0 N–H and O–H groups in total. The normalized spacial score (nSPS) is 18.4. The van der Waals surface area contributed by atoms with Crippen molar-refractivity contribution in [3.05, 3.63) is 129 Å². The summed E-state index contributed by atoms with van der Waals surface area (Å²) in [5.41, 5.74) is 19.1. The van der Waals surface area contributed by atoms with Crippen LogP contribution in [-0.2, 0) is 41.5 Å². The first kappa shape index (κ1) is 40.4. The monoisotopic (exact) mass is 752 g/mol. The van der Waals surface area contributed by atoms with Crippen molar-refractivity contribution in [1.29, 1.82) is 0 Å². The van der Waals surface area contributed by atoms with E-state index in [1.165, 1.54) is 103 Å². The summed E-state index contributed by atoms with van der Waals surface area (Å²) in [6.45, 7) is 25.0. The van der Waals surface area contributed by atoms with Gasteiger partial charge in [0.15, 0.2) is 0 Å². The summed E-state index contributed by atoms with van der Waals surface area (Å²) in [7, 11) is 0. The second-order valence-corrected chi connectivity index (χ2v) is 16.3. The molecule has 0 fully saturated rings. The van der Waals surface area contributed by atoms with Crippen LogP contribution in [0.15, 0.2) is 77.9 Å². The molecule has 0 heterocycles. The van der Waals surface area contributed by atoms with Crippen molar-refractivity contribution in [1.82, 2.24) is 0 Å². The van der Waals surface area contributed by atoms with E-state index in [1.807, 2.05) is 6.07 Å². The first-order chi connectivity index (χ1) is 21.6. The minimum atomic E-state index is 0. The molecular weight excluding hydrogens is 703 g/mol. The number of benzene rings is 3. The van der Waals surface area contributed by atoms with Gasteiger partial charge in [-0.05, 0) is 58.4 Å². The summed E-state index contributed by atoms with van der Waals surface area (Å²) in [6.07, 6.45) is 15.4. The predicted octanol–water partition coefficient (Wildman–Crippen LogP) is 5.98. The molecule has 3 aromatic carbocycles. The van der Waals surface area contributed by atoms with E-state index in [4.69, 9.17) is 0 Å². The minimum absolute atomic E-state index is 0. The predicted molar refractivity (Wildman–Crippen MR) is 197 cm³/mol. The molecule has 1 atom stereocenters.